The van der Waals surface area contributed by atoms with Crippen molar-refractivity contribution in [2.45, 2.75) is 12.3 Å². The van der Waals surface area contributed by atoms with Gasteiger partial charge in [-0.2, -0.15) is 0 Å². The lowest BCUT2D eigenvalue weighted by molar-refractivity contribution is -0.138. The van der Waals surface area contributed by atoms with Gasteiger partial charge in [0.1, 0.15) is 12.4 Å². The maximum atomic E-state index is 11.0. The fourth-order valence-electron chi connectivity index (χ4n) is 3.04. The van der Waals surface area contributed by atoms with Crippen LogP contribution in [0.25, 0.3) is 0 Å². The van der Waals surface area contributed by atoms with Crippen LogP contribution in [0.1, 0.15) is 17.9 Å². The monoisotopic (exact) mass is 304 g/mol. The van der Waals surface area contributed by atoms with Gasteiger partial charge in [0.15, 0.2) is 0 Å². The first kappa shape index (κ1) is 15.3. The number of carboxylic acids is 1. The van der Waals surface area contributed by atoms with Gasteiger partial charge < -0.3 is 14.7 Å². The Balaban J connectivity index is 1.46. The van der Waals surface area contributed by atoms with Gasteiger partial charge in [0, 0.05) is 32.7 Å². The van der Waals surface area contributed by atoms with Crippen molar-refractivity contribution in [3.63, 3.8) is 0 Å². The van der Waals surface area contributed by atoms with Crippen LogP contribution in [0.5, 0.6) is 5.75 Å². The van der Waals surface area contributed by atoms with Crippen LogP contribution in [0.3, 0.4) is 0 Å². The van der Waals surface area contributed by atoms with Crippen LogP contribution >= 0.6 is 0 Å². The Morgan fingerprint density at radius 3 is 2.77 bits per heavy atom. The van der Waals surface area contributed by atoms with E-state index in [1.54, 1.807) is 0 Å². The molecule has 3 rings (SSSR count). The first-order valence-corrected chi connectivity index (χ1v) is 8.00. The largest absolute Gasteiger partial charge is 0.492 e. The van der Waals surface area contributed by atoms with E-state index in [2.05, 4.69) is 16.8 Å². The summed E-state index contributed by atoms with van der Waals surface area (Å²) in [5.74, 6) is 0.119. The molecular formula is C17H24N2O3. The number of benzene rings is 1. The first-order chi connectivity index (χ1) is 10.6. The van der Waals surface area contributed by atoms with E-state index in [1.807, 2.05) is 24.3 Å². The SMILES string of the molecule is CN1CCN(CCOc2cccc(C3CC3C(=O)O)c2)CC1. The number of likely N-dealkylation sites (N-methyl/N-ethyl adjacent to an activating group) is 1. The fourth-order valence-corrected chi connectivity index (χ4v) is 3.04. The number of piperazine rings is 1. The molecule has 1 aliphatic carbocycles. The number of nitrogens with zero attached hydrogens (tertiary/aromatic N) is 2. The average molecular weight is 304 g/mol. The number of carboxylic acid groups (broad SMARTS) is 1. The molecule has 22 heavy (non-hydrogen) atoms. The van der Waals surface area contributed by atoms with Gasteiger partial charge in [-0.1, -0.05) is 12.1 Å². The molecule has 0 radical (unpaired) electrons. The number of aliphatic carboxylic acids is 1. The third kappa shape index (κ3) is 3.78. The third-order valence-electron chi connectivity index (χ3n) is 4.67. The van der Waals surface area contributed by atoms with Crippen LogP contribution in [0.2, 0.25) is 0 Å². The van der Waals surface area contributed by atoms with Crippen molar-refractivity contribution in [3.8, 4) is 5.75 Å². The van der Waals surface area contributed by atoms with Crippen molar-refractivity contribution in [1.29, 1.82) is 0 Å². The molecule has 5 heteroatoms. The number of hydrogen-bond donors (Lipinski definition) is 1. The second-order valence-corrected chi connectivity index (χ2v) is 6.35. The molecule has 0 bridgehead atoms. The molecule has 5 nitrogen and oxygen atoms in total. The summed E-state index contributed by atoms with van der Waals surface area (Å²) in [7, 11) is 2.15. The van der Waals surface area contributed by atoms with Gasteiger partial charge in [0.05, 0.1) is 5.92 Å². The van der Waals surface area contributed by atoms with Gasteiger partial charge in [0.25, 0.3) is 0 Å². The summed E-state index contributed by atoms with van der Waals surface area (Å²) in [6, 6.07) is 7.90. The molecule has 2 aliphatic rings. The highest BCUT2D eigenvalue weighted by molar-refractivity contribution is 5.75. The van der Waals surface area contributed by atoms with Crippen LogP contribution in [-0.4, -0.2) is 67.3 Å². The Morgan fingerprint density at radius 1 is 1.32 bits per heavy atom. The number of carbonyl (C=O) groups is 1. The molecule has 1 N–H and O–H groups in total. The Labute approximate surface area is 131 Å². The molecule has 2 atom stereocenters. The molecule has 1 heterocycles. The lowest BCUT2D eigenvalue weighted by atomic mass is 10.1. The predicted octanol–water partition coefficient (Wildman–Crippen LogP) is 1.50. The predicted molar refractivity (Wildman–Crippen MR) is 84.4 cm³/mol. The Hall–Kier alpha value is -1.59. The number of hydrogen-bond acceptors (Lipinski definition) is 4. The quantitative estimate of drug-likeness (QED) is 0.863. The minimum Gasteiger partial charge on any atom is -0.492 e. The summed E-state index contributed by atoms with van der Waals surface area (Å²) < 4.78 is 5.85. The molecule has 1 aromatic rings. The van der Waals surface area contributed by atoms with E-state index >= 15 is 0 Å². The minimum absolute atomic E-state index is 0.165. The smallest absolute Gasteiger partial charge is 0.307 e. The van der Waals surface area contributed by atoms with Crippen molar-refractivity contribution >= 4 is 5.97 Å². The van der Waals surface area contributed by atoms with Gasteiger partial charge in [-0.15, -0.1) is 0 Å². The van der Waals surface area contributed by atoms with E-state index < -0.39 is 5.97 Å². The zero-order valence-electron chi connectivity index (χ0n) is 13.1. The van der Waals surface area contributed by atoms with Gasteiger partial charge >= 0.3 is 5.97 Å². The van der Waals surface area contributed by atoms with Gasteiger partial charge in [-0.3, -0.25) is 9.69 Å². The lowest BCUT2D eigenvalue weighted by Gasteiger charge is -2.32. The van der Waals surface area contributed by atoms with E-state index in [1.165, 1.54) is 0 Å². The molecule has 120 valence electrons. The summed E-state index contributed by atoms with van der Waals surface area (Å²) in [6.07, 6.45) is 0.750. The Bertz CT molecular complexity index is 526. The molecule has 1 saturated heterocycles. The van der Waals surface area contributed by atoms with Crippen molar-refractivity contribution in [3.05, 3.63) is 29.8 Å². The zero-order valence-corrected chi connectivity index (χ0v) is 13.1. The maximum absolute atomic E-state index is 11.0. The van der Waals surface area contributed by atoms with E-state index in [-0.39, 0.29) is 11.8 Å². The van der Waals surface area contributed by atoms with Crippen LogP contribution in [0.4, 0.5) is 0 Å². The standard InChI is InChI=1S/C17H24N2O3/c1-18-5-7-19(8-6-18)9-10-22-14-4-2-3-13(11-14)15-12-16(15)17(20)21/h2-4,11,15-16H,5-10,12H2,1H3,(H,20,21). The first-order valence-electron chi connectivity index (χ1n) is 8.00. The number of rotatable bonds is 6. The Morgan fingerprint density at radius 2 is 2.09 bits per heavy atom. The minimum atomic E-state index is -0.689. The highest BCUT2D eigenvalue weighted by atomic mass is 16.5. The normalized spacial score (nSPS) is 25.9. The molecule has 2 unspecified atom stereocenters. The average Bonchev–Trinajstić information content (AvgIpc) is 3.30. The van der Waals surface area contributed by atoms with Crippen LogP contribution in [0.15, 0.2) is 24.3 Å². The van der Waals surface area contributed by atoms with Gasteiger partial charge in [-0.05, 0) is 37.1 Å². The molecule has 2 fully saturated rings. The zero-order chi connectivity index (χ0) is 15.5. The lowest BCUT2D eigenvalue weighted by Crippen LogP contribution is -2.45. The highest BCUT2D eigenvalue weighted by Gasteiger charge is 2.44. The summed E-state index contributed by atoms with van der Waals surface area (Å²) in [6.45, 7) is 6.06. The Kier molecular flexibility index (Phi) is 4.64. The van der Waals surface area contributed by atoms with Crippen molar-refractivity contribution in [2.75, 3.05) is 46.4 Å². The highest BCUT2D eigenvalue weighted by Crippen LogP contribution is 2.48. The summed E-state index contributed by atoms with van der Waals surface area (Å²) in [4.78, 5) is 15.7. The van der Waals surface area contributed by atoms with E-state index in [9.17, 15) is 4.79 Å². The van der Waals surface area contributed by atoms with E-state index in [4.69, 9.17) is 9.84 Å². The molecule has 0 amide bonds. The third-order valence-corrected chi connectivity index (χ3v) is 4.67. The summed E-state index contributed by atoms with van der Waals surface area (Å²) in [5, 5.41) is 9.02. The topological polar surface area (TPSA) is 53.0 Å². The molecule has 0 aromatic heterocycles. The second kappa shape index (κ2) is 6.67. The second-order valence-electron chi connectivity index (χ2n) is 6.35. The van der Waals surface area contributed by atoms with Crippen LogP contribution in [0, 0.1) is 5.92 Å². The van der Waals surface area contributed by atoms with Crippen LogP contribution < -0.4 is 4.74 Å². The maximum Gasteiger partial charge on any atom is 0.307 e. The van der Waals surface area contributed by atoms with Crippen molar-refractivity contribution in [2.24, 2.45) is 5.92 Å². The van der Waals surface area contributed by atoms with Crippen molar-refractivity contribution < 1.29 is 14.6 Å². The molecular weight excluding hydrogens is 280 g/mol. The van der Waals surface area contributed by atoms with Gasteiger partial charge in [-0.25, -0.2) is 0 Å². The molecule has 0 spiro atoms. The van der Waals surface area contributed by atoms with Gasteiger partial charge in [0.2, 0.25) is 0 Å². The van der Waals surface area contributed by atoms with Crippen molar-refractivity contribution in [1.82, 2.24) is 9.80 Å². The number of ether oxygens (including phenoxy) is 1. The van der Waals surface area contributed by atoms with E-state index in [0.717, 1.165) is 50.5 Å². The van der Waals surface area contributed by atoms with Crippen LogP contribution in [-0.2, 0) is 4.79 Å². The molecule has 1 aromatic carbocycles. The molecule has 1 saturated carbocycles. The molecule has 1 aliphatic heterocycles. The fraction of sp³-hybridized carbons (Fsp3) is 0.588. The summed E-state index contributed by atoms with van der Waals surface area (Å²) in [5.41, 5.74) is 1.09. The summed E-state index contributed by atoms with van der Waals surface area (Å²) >= 11 is 0. The van der Waals surface area contributed by atoms with E-state index in [0.29, 0.717) is 6.61 Å².